The molecule has 2 heterocycles. The number of nitrogens with zero attached hydrogens (tertiary/aromatic N) is 3. The van der Waals surface area contributed by atoms with Gasteiger partial charge in [-0.3, -0.25) is 14.5 Å². The molecule has 3 N–H and O–H groups in total. The number of thioether (sulfide) groups is 1. The van der Waals surface area contributed by atoms with E-state index in [0.717, 1.165) is 12.5 Å². The summed E-state index contributed by atoms with van der Waals surface area (Å²) in [5.41, 5.74) is -0.218. The maximum absolute atomic E-state index is 13.7. The van der Waals surface area contributed by atoms with Crippen molar-refractivity contribution in [3.05, 3.63) is 53.6 Å². The molecule has 9 nitrogen and oxygen atoms in total. The number of hydrogen-bond donors (Lipinski definition) is 3. The van der Waals surface area contributed by atoms with Crippen LogP contribution in [-0.4, -0.2) is 86.4 Å². The third kappa shape index (κ3) is 8.48. The number of amides is 2. The molecule has 1 aromatic heterocycles. The number of nitrogens with one attached hydrogen (secondary N) is 2. The molecule has 3 rings (SSSR count). The van der Waals surface area contributed by atoms with Crippen LogP contribution in [0.5, 0.6) is 0 Å². The Morgan fingerprint density at radius 2 is 2.08 bits per heavy atom. The van der Waals surface area contributed by atoms with Crippen LogP contribution in [0.15, 0.2) is 36.8 Å². The van der Waals surface area contributed by atoms with E-state index in [0.29, 0.717) is 24.4 Å². The molecule has 1 unspecified atom stereocenters. The van der Waals surface area contributed by atoms with Gasteiger partial charge in [0.25, 0.3) is 0 Å². The van der Waals surface area contributed by atoms with Crippen LogP contribution in [0.3, 0.4) is 0 Å². The van der Waals surface area contributed by atoms with Crippen LogP contribution in [0, 0.1) is 0 Å². The Morgan fingerprint density at radius 1 is 1.32 bits per heavy atom. The van der Waals surface area contributed by atoms with Crippen molar-refractivity contribution in [2.75, 3.05) is 31.6 Å². The summed E-state index contributed by atoms with van der Waals surface area (Å²) < 4.78 is 41.0. The zero-order valence-corrected chi connectivity index (χ0v) is 21.9. The second-order valence-corrected chi connectivity index (χ2v) is 10.2. The van der Waals surface area contributed by atoms with Gasteiger partial charge in [-0.2, -0.15) is 24.9 Å². The lowest BCUT2D eigenvalue weighted by Crippen LogP contribution is -2.49. The number of imidazole rings is 1. The molecular formula is C25H32F3N5O4S. The average Bonchev–Trinajstić information content (AvgIpc) is 3.53. The van der Waals surface area contributed by atoms with Crippen molar-refractivity contribution in [1.82, 2.24) is 25.1 Å². The number of aromatic nitrogens is 2. The van der Waals surface area contributed by atoms with E-state index in [9.17, 15) is 32.7 Å². The number of hydrogen-bond acceptors (Lipinski definition) is 6. The van der Waals surface area contributed by atoms with Crippen molar-refractivity contribution < 1.29 is 32.7 Å². The minimum Gasteiger partial charge on any atom is -0.480 e. The molecule has 0 aliphatic carbocycles. The lowest BCUT2D eigenvalue weighted by molar-refractivity contribution is -0.142. The molecule has 1 fully saturated rings. The fraction of sp³-hybridized carbons (Fsp3) is 0.520. The molecule has 2 amide bonds. The van der Waals surface area contributed by atoms with Gasteiger partial charge in [0.15, 0.2) is 0 Å². The zero-order valence-electron chi connectivity index (χ0n) is 21.0. The molecule has 0 bridgehead atoms. The summed E-state index contributed by atoms with van der Waals surface area (Å²) in [6.45, 7) is 0.161. The van der Waals surface area contributed by atoms with Crippen molar-refractivity contribution >= 4 is 29.5 Å². The van der Waals surface area contributed by atoms with E-state index in [1.54, 1.807) is 16.0 Å². The SMILES string of the molecule is CSCCC(NC(=O)CN(Cc1ccccc1C(F)(F)F)C[C@@H]1CCCN1C(=O)Cc1c[nH]cn1)C(=O)O. The van der Waals surface area contributed by atoms with Crippen LogP contribution in [0.25, 0.3) is 0 Å². The Hall–Kier alpha value is -3.06. The van der Waals surface area contributed by atoms with Crippen molar-refractivity contribution in [3.63, 3.8) is 0 Å². The number of carbonyl (C=O) groups is 3. The Labute approximate surface area is 223 Å². The van der Waals surface area contributed by atoms with Crippen LogP contribution < -0.4 is 5.32 Å². The first-order valence-corrected chi connectivity index (χ1v) is 13.6. The highest BCUT2D eigenvalue weighted by molar-refractivity contribution is 7.98. The van der Waals surface area contributed by atoms with Gasteiger partial charge >= 0.3 is 12.1 Å². The zero-order chi connectivity index (χ0) is 27.7. The number of alkyl halides is 3. The van der Waals surface area contributed by atoms with Gasteiger partial charge in [0.1, 0.15) is 6.04 Å². The number of carbonyl (C=O) groups excluding carboxylic acids is 2. The molecule has 38 heavy (non-hydrogen) atoms. The number of likely N-dealkylation sites (tertiary alicyclic amines) is 1. The Morgan fingerprint density at radius 3 is 2.74 bits per heavy atom. The highest BCUT2D eigenvalue weighted by Crippen LogP contribution is 2.32. The minimum absolute atomic E-state index is 0.00244. The van der Waals surface area contributed by atoms with Gasteiger partial charge in [0, 0.05) is 31.9 Å². The Kier molecular flexibility index (Phi) is 10.6. The number of aliphatic carboxylic acids is 1. The van der Waals surface area contributed by atoms with E-state index in [-0.39, 0.29) is 50.0 Å². The van der Waals surface area contributed by atoms with E-state index in [4.69, 9.17) is 0 Å². The lowest BCUT2D eigenvalue weighted by atomic mass is 10.1. The molecule has 0 spiro atoms. The number of benzene rings is 1. The molecule has 2 aromatic rings. The Bertz CT molecular complexity index is 1080. The van der Waals surface area contributed by atoms with E-state index >= 15 is 0 Å². The summed E-state index contributed by atoms with van der Waals surface area (Å²) in [6.07, 6.45) is 2.03. The van der Waals surface area contributed by atoms with Crippen LogP contribution in [0.2, 0.25) is 0 Å². The maximum atomic E-state index is 13.7. The summed E-state index contributed by atoms with van der Waals surface area (Å²) in [4.78, 5) is 47.5. The number of H-pyrrole nitrogens is 1. The molecule has 1 aromatic carbocycles. The average molecular weight is 556 g/mol. The summed E-state index contributed by atoms with van der Waals surface area (Å²) in [7, 11) is 0. The third-order valence-corrected chi connectivity index (χ3v) is 7.03. The van der Waals surface area contributed by atoms with E-state index in [2.05, 4.69) is 15.3 Å². The smallest absolute Gasteiger partial charge is 0.416 e. The summed E-state index contributed by atoms with van der Waals surface area (Å²) >= 11 is 1.44. The van der Waals surface area contributed by atoms with E-state index < -0.39 is 29.7 Å². The molecule has 1 saturated heterocycles. The summed E-state index contributed by atoms with van der Waals surface area (Å²) in [5.74, 6) is -1.40. The first kappa shape index (κ1) is 29.5. The molecule has 13 heteroatoms. The first-order valence-electron chi connectivity index (χ1n) is 12.2. The van der Waals surface area contributed by atoms with Crippen LogP contribution in [0.4, 0.5) is 13.2 Å². The van der Waals surface area contributed by atoms with Crippen molar-refractivity contribution in [3.8, 4) is 0 Å². The largest absolute Gasteiger partial charge is 0.480 e. The minimum atomic E-state index is -4.57. The van der Waals surface area contributed by atoms with Gasteiger partial charge in [0.2, 0.25) is 11.8 Å². The highest BCUT2D eigenvalue weighted by Gasteiger charge is 2.35. The van der Waals surface area contributed by atoms with Gasteiger partial charge in [0.05, 0.1) is 30.6 Å². The third-order valence-electron chi connectivity index (χ3n) is 6.38. The fourth-order valence-electron chi connectivity index (χ4n) is 4.59. The van der Waals surface area contributed by atoms with Crippen molar-refractivity contribution in [2.24, 2.45) is 0 Å². The van der Waals surface area contributed by atoms with Gasteiger partial charge < -0.3 is 20.3 Å². The van der Waals surface area contributed by atoms with Gasteiger partial charge in [-0.15, -0.1) is 0 Å². The normalized spacial score (nSPS) is 16.6. The second-order valence-electron chi connectivity index (χ2n) is 9.18. The van der Waals surface area contributed by atoms with Crippen molar-refractivity contribution in [1.29, 1.82) is 0 Å². The van der Waals surface area contributed by atoms with Gasteiger partial charge in [-0.25, -0.2) is 9.78 Å². The number of halogens is 3. The van der Waals surface area contributed by atoms with Crippen molar-refractivity contribution in [2.45, 2.75) is 50.5 Å². The maximum Gasteiger partial charge on any atom is 0.416 e. The predicted molar refractivity (Wildman–Crippen MR) is 136 cm³/mol. The number of carboxylic acids is 1. The second kappa shape index (κ2) is 13.7. The first-order chi connectivity index (χ1) is 18.1. The monoisotopic (exact) mass is 555 g/mol. The number of carboxylic acid groups (broad SMARTS) is 1. The Balaban J connectivity index is 1.78. The van der Waals surface area contributed by atoms with Gasteiger partial charge in [-0.05, 0) is 42.9 Å². The topological polar surface area (TPSA) is 119 Å². The number of aromatic amines is 1. The predicted octanol–water partition coefficient (Wildman–Crippen LogP) is 2.79. The van der Waals surface area contributed by atoms with Crippen LogP contribution in [-0.2, 0) is 33.5 Å². The highest BCUT2D eigenvalue weighted by atomic mass is 32.2. The number of rotatable bonds is 13. The molecule has 1 aliphatic rings. The summed E-state index contributed by atoms with van der Waals surface area (Å²) in [5, 5.41) is 12.0. The van der Waals surface area contributed by atoms with E-state index in [1.807, 2.05) is 6.26 Å². The van der Waals surface area contributed by atoms with Gasteiger partial charge in [-0.1, -0.05) is 18.2 Å². The van der Waals surface area contributed by atoms with Crippen LogP contribution in [0.1, 0.15) is 36.1 Å². The molecule has 1 aliphatic heterocycles. The molecule has 0 radical (unpaired) electrons. The molecule has 0 saturated carbocycles. The lowest BCUT2D eigenvalue weighted by Gasteiger charge is -2.31. The summed E-state index contributed by atoms with van der Waals surface area (Å²) in [6, 6.07) is 3.75. The standard InChI is InChI=1S/C25H32F3N5O4S/c1-38-10-8-21(24(36)37)31-22(34)15-32(13-17-5-2-3-7-20(17)25(26,27)28)14-19-6-4-9-33(19)23(35)11-18-12-29-16-30-18/h2-3,5,7,12,16,19,21H,4,6,8-11,13-15H2,1H3,(H,29,30)(H,31,34)(H,36,37)/t19-,21?/m0/s1. The van der Waals surface area contributed by atoms with E-state index in [1.165, 1.54) is 36.3 Å². The molecule has 208 valence electrons. The molecule has 2 atom stereocenters. The van der Waals surface area contributed by atoms with Crippen LogP contribution >= 0.6 is 11.8 Å². The quantitative estimate of drug-likeness (QED) is 0.348. The molecular weight excluding hydrogens is 523 g/mol. The fourth-order valence-corrected chi connectivity index (χ4v) is 5.06.